The van der Waals surface area contributed by atoms with E-state index in [9.17, 15) is 9.18 Å². The van der Waals surface area contributed by atoms with E-state index in [0.717, 1.165) is 10.3 Å². The zero-order valence-electron chi connectivity index (χ0n) is 10.1. The Morgan fingerprint density at radius 2 is 2.39 bits per heavy atom. The highest BCUT2D eigenvalue weighted by molar-refractivity contribution is 9.10. The molecule has 1 N–H and O–H groups in total. The van der Waals surface area contributed by atoms with Gasteiger partial charge in [-0.3, -0.25) is 4.79 Å². The minimum Gasteiger partial charge on any atom is -0.354 e. The van der Waals surface area contributed by atoms with E-state index in [0.29, 0.717) is 13.0 Å². The number of hydrogen-bond acceptors (Lipinski definition) is 3. The predicted molar refractivity (Wildman–Crippen MR) is 71.3 cm³/mol. The second kappa shape index (κ2) is 5.65. The lowest BCUT2D eigenvalue weighted by Crippen LogP contribution is -2.52. The van der Waals surface area contributed by atoms with Gasteiger partial charge in [0, 0.05) is 24.1 Å². The van der Waals surface area contributed by atoms with Gasteiger partial charge >= 0.3 is 0 Å². The number of piperidine rings is 1. The first-order valence-electron chi connectivity index (χ1n) is 5.84. The molecule has 1 aliphatic heterocycles. The first kappa shape index (κ1) is 13.3. The Morgan fingerprint density at radius 3 is 2.94 bits per heavy atom. The van der Waals surface area contributed by atoms with Crippen LogP contribution in [0.15, 0.2) is 22.8 Å². The monoisotopic (exact) mass is 315 g/mol. The van der Waals surface area contributed by atoms with Crippen LogP contribution in [0.4, 0.5) is 10.2 Å². The first-order chi connectivity index (χ1) is 8.56. The Bertz CT molecular complexity index is 426. The molecule has 6 heteroatoms. The highest BCUT2D eigenvalue weighted by Gasteiger charge is 2.30. The van der Waals surface area contributed by atoms with Crippen LogP contribution < -0.4 is 10.2 Å². The smallest absolute Gasteiger partial charge is 0.217 e. The SMILES string of the molecule is CC(=O)N[C@@H]1CCN(c2ccc(Br)cn2)C[C@@H]1F. The molecule has 0 spiro atoms. The minimum absolute atomic E-state index is 0.183. The molecule has 0 saturated carbocycles. The molecule has 1 aromatic heterocycles. The molecule has 4 nitrogen and oxygen atoms in total. The highest BCUT2D eigenvalue weighted by Crippen LogP contribution is 2.21. The number of nitrogens with one attached hydrogen (secondary N) is 1. The first-order valence-corrected chi connectivity index (χ1v) is 6.63. The Kier molecular flexibility index (Phi) is 4.16. The van der Waals surface area contributed by atoms with Gasteiger partial charge in [0.2, 0.25) is 5.91 Å². The van der Waals surface area contributed by atoms with Gasteiger partial charge in [0.15, 0.2) is 0 Å². The number of anilines is 1. The van der Waals surface area contributed by atoms with Gasteiger partial charge in [-0.15, -0.1) is 0 Å². The fraction of sp³-hybridized carbons (Fsp3) is 0.500. The quantitative estimate of drug-likeness (QED) is 0.906. The van der Waals surface area contributed by atoms with E-state index in [2.05, 4.69) is 26.2 Å². The summed E-state index contributed by atoms with van der Waals surface area (Å²) in [5.74, 6) is 0.583. The summed E-state index contributed by atoms with van der Waals surface area (Å²) >= 11 is 3.32. The van der Waals surface area contributed by atoms with Crippen LogP contribution in [-0.4, -0.2) is 36.2 Å². The summed E-state index contributed by atoms with van der Waals surface area (Å²) in [5, 5.41) is 2.64. The van der Waals surface area contributed by atoms with Gasteiger partial charge in [-0.25, -0.2) is 9.37 Å². The number of hydrogen-bond donors (Lipinski definition) is 1. The van der Waals surface area contributed by atoms with Crippen LogP contribution in [0.1, 0.15) is 13.3 Å². The van der Waals surface area contributed by atoms with Crippen LogP contribution in [0.25, 0.3) is 0 Å². The maximum atomic E-state index is 13.9. The van der Waals surface area contributed by atoms with Crippen molar-refractivity contribution in [2.24, 2.45) is 0 Å². The van der Waals surface area contributed by atoms with Crippen molar-refractivity contribution in [2.45, 2.75) is 25.6 Å². The fourth-order valence-electron chi connectivity index (χ4n) is 2.09. The van der Waals surface area contributed by atoms with E-state index in [1.165, 1.54) is 6.92 Å². The molecule has 1 aliphatic rings. The van der Waals surface area contributed by atoms with E-state index < -0.39 is 6.17 Å². The number of halogens is 2. The number of nitrogens with zero attached hydrogens (tertiary/aromatic N) is 2. The molecule has 0 bridgehead atoms. The molecule has 0 radical (unpaired) electrons. The molecule has 2 atom stereocenters. The normalized spacial score (nSPS) is 23.8. The van der Waals surface area contributed by atoms with Crippen LogP contribution in [0.3, 0.4) is 0 Å². The molecule has 98 valence electrons. The second-order valence-corrected chi connectivity index (χ2v) is 5.31. The van der Waals surface area contributed by atoms with E-state index in [4.69, 9.17) is 0 Å². The maximum Gasteiger partial charge on any atom is 0.217 e. The average molecular weight is 316 g/mol. The summed E-state index contributed by atoms with van der Waals surface area (Å²) in [4.78, 5) is 17.1. The lowest BCUT2D eigenvalue weighted by atomic mass is 10.0. The number of carbonyl (C=O) groups excluding carboxylic acids is 1. The summed E-state index contributed by atoms with van der Waals surface area (Å²) in [6.07, 6.45) is 1.23. The lowest BCUT2D eigenvalue weighted by molar-refractivity contribution is -0.120. The third-order valence-electron chi connectivity index (χ3n) is 2.97. The Hall–Kier alpha value is -1.17. The van der Waals surface area contributed by atoms with Crippen molar-refractivity contribution < 1.29 is 9.18 Å². The number of alkyl halides is 1. The zero-order chi connectivity index (χ0) is 13.1. The zero-order valence-corrected chi connectivity index (χ0v) is 11.7. The van der Waals surface area contributed by atoms with Crippen molar-refractivity contribution >= 4 is 27.7 Å². The van der Waals surface area contributed by atoms with Crippen LogP contribution in [-0.2, 0) is 4.79 Å². The van der Waals surface area contributed by atoms with E-state index >= 15 is 0 Å². The van der Waals surface area contributed by atoms with Gasteiger partial charge in [-0.1, -0.05) is 0 Å². The molecule has 1 aromatic rings. The van der Waals surface area contributed by atoms with E-state index in [1.54, 1.807) is 6.20 Å². The summed E-state index contributed by atoms with van der Waals surface area (Å²) in [7, 11) is 0. The molecule has 1 amide bonds. The number of rotatable bonds is 2. The highest BCUT2D eigenvalue weighted by atomic mass is 79.9. The summed E-state index contributed by atoms with van der Waals surface area (Å²) < 4.78 is 14.8. The van der Waals surface area contributed by atoms with Gasteiger partial charge in [-0.05, 0) is 34.5 Å². The van der Waals surface area contributed by atoms with Gasteiger partial charge in [0.25, 0.3) is 0 Å². The van der Waals surface area contributed by atoms with Crippen LogP contribution in [0.2, 0.25) is 0 Å². The van der Waals surface area contributed by atoms with Crippen molar-refractivity contribution in [2.75, 3.05) is 18.0 Å². The Morgan fingerprint density at radius 1 is 1.61 bits per heavy atom. The van der Waals surface area contributed by atoms with Gasteiger partial charge in [0.1, 0.15) is 12.0 Å². The van der Waals surface area contributed by atoms with Crippen LogP contribution in [0, 0.1) is 0 Å². The Labute approximate surface area is 114 Å². The third-order valence-corrected chi connectivity index (χ3v) is 3.43. The summed E-state index contributed by atoms with van der Waals surface area (Å²) in [6, 6.07) is 3.36. The molecule has 0 aliphatic carbocycles. The molecule has 2 heterocycles. The Balaban J connectivity index is 1.99. The number of amides is 1. The molecule has 1 fully saturated rings. The van der Waals surface area contributed by atoms with Gasteiger partial charge in [0.05, 0.1) is 12.6 Å². The predicted octanol–water partition coefficient (Wildman–Crippen LogP) is 1.90. The summed E-state index contributed by atoms with van der Waals surface area (Å²) in [6.45, 7) is 2.37. The number of aromatic nitrogens is 1. The van der Waals surface area contributed by atoms with Crippen LogP contribution in [0.5, 0.6) is 0 Å². The van der Waals surface area contributed by atoms with E-state index in [1.807, 2.05) is 17.0 Å². The second-order valence-electron chi connectivity index (χ2n) is 4.39. The minimum atomic E-state index is -1.06. The fourth-order valence-corrected chi connectivity index (χ4v) is 2.33. The molecule has 1 saturated heterocycles. The van der Waals surface area contributed by atoms with Gasteiger partial charge < -0.3 is 10.2 Å². The molecule has 0 aromatic carbocycles. The molecular formula is C12H15BrFN3O. The standard InChI is InChI=1S/C12H15BrFN3O/c1-8(18)16-11-4-5-17(7-10(11)14)12-3-2-9(13)6-15-12/h2-3,6,10-11H,4-5,7H2,1H3,(H,16,18)/t10-,11+/m0/s1. The largest absolute Gasteiger partial charge is 0.354 e. The van der Waals surface area contributed by atoms with Crippen LogP contribution >= 0.6 is 15.9 Å². The van der Waals surface area contributed by atoms with Crippen molar-refractivity contribution in [1.29, 1.82) is 0 Å². The molecular weight excluding hydrogens is 301 g/mol. The number of pyridine rings is 1. The van der Waals surface area contributed by atoms with Crippen molar-refractivity contribution in [3.8, 4) is 0 Å². The maximum absolute atomic E-state index is 13.9. The van der Waals surface area contributed by atoms with Crippen molar-refractivity contribution in [1.82, 2.24) is 10.3 Å². The number of carbonyl (C=O) groups is 1. The van der Waals surface area contributed by atoms with Crippen molar-refractivity contribution in [3.05, 3.63) is 22.8 Å². The van der Waals surface area contributed by atoms with E-state index in [-0.39, 0.29) is 18.5 Å². The lowest BCUT2D eigenvalue weighted by Gasteiger charge is -2.35. The molecule has 2 rings (SSSR count). The van der Waals surface area contributed by atoms with Crippen molar-refractivity contribution in [3.63, 3.8) is 0 Å². The summed E-state index contributed by atoms with van der Waals surface area (Å²) in [5.41, 5.74) is 0. The van der Waals surface area contributed by atoms with Gasteiger partial charge in [-0.2, -0.15) is 0 Å². The average Bonchev–Trinajstić information content (AvgIpc) is 2.32. The molecule has 18 heavy (non-hydrogen) atoms. The topological polar surface area (TPSA) is 45.2 Å². The molecule has 0 unspecified atom stereocenters. The third kappa shape index (κ3) is 3.19.